The van der Waals surface area contributed by atoms with Gasteiger partial charge in [-0.15, -0.1) is 0 Å². The number of hydrogen-bond donors (Lipinski definition) is 2. The number of aliphatic hydroxyl groups excluding tert-OH is 1. The Labute approximate surface area is 106 Å². The number of nitrogens with one attached hydrogen (secondary N) is 1. The van der Waals surface area contributed by atoms with E-state index in [2.05, 4.69) is 5.32 Å². The minimum atomic E-state index is -0.945. The average Bonchev–Trinajstić information content (AvgIpc) is 2.36. The molecule has 0 spiro atoms. The zero-order valence-electron chi connectivity index (χ0n) is 10.6. The zero-order valence-corrected chi connectivity index (χ0v) is 10.6. The molecule has 0 radical (unpaired) electrons. The molecule has 0 heterocycles. The number of rotatable bonds is 7. The summed E-state index contributed by atoms with van der Waals surface area (Å²) in [6.45, 7) is 2.89. The Morgan fingerprint density at radius 3 is 2.67 bits per heavy atom. The van der Waals surface area contributed by atoms with Crippen molar-refractivity contribution in [3.63, 3.8) is 0 Å². The smallest absolute Gasteiger partial charge is 0.159 e. The topological polar surface area (TPSA) is 41.5 Å². The highest BCUT2D eigenvalue weighted by Crippen LogP contribution is 2.15. The molecule has 0 aliphatic rings. The van der Waals surface area contributed by atoms with Crippen LogP contribution in [-0.2, 0) is 4.74 Å². The van der Waals surface area contributed by atoms with E-state index in [0.29, 0.717) is 12.2 Å². The summed E-state index contributed by atoms with van der Waals surface area (Å²) < 4.78 is 30.7. The molecule has 0 bridgehead atoms. The van der Waals surface area contributed by atoms with E-state index >= 15 is 0 Å². The van der Waals surface area contributed by atoms with Gasteiger partial charge in [0.05, 0.1) is 6.10 Å². The predicted molar refractivity (Wildman–Crippen MR) is 65.3 cm³/mol. The number of hydrogen-bond acceptors (Lipinski definition) is 3. The number of halogens is 2. The van der Waals surface area contributed by atoms with Crippen molar-refractivity contribution < 1.29 is 18.6 Å². The van der Waals surface area contributed by atoms with Crippen molar-refractivity contribution in [3.05, 3.63) is 35.4 Å². The SMILES string of the molecule is COCCC(C)NCC(O)c1ccc(F)c(F)c1. The van der Waals surface area contributed by atoms with Crippen LogP contribution in [0.1, 0.15) is 25.0 Å². The molecule has 18 heavy (non-hydrogen) atoms. The lowest BCUT2D eigenvalue weighted by Gasteiger charge is -2.17. The lowest BCUT2D eigenvalue weighted by Crippen LogP contribution is -2.31. The van der Waals surface area contributed by atoms with E-state index in [9.17, 15) is 13.9 Å². The summed E-state index contributed by atoms with van der Waals surface area (Å²) in [5, 5.41) is 12.9. The van der Waals surface area contributed by atoms with Crippen LogP contribution in [0.5, 0.6) is 0 Å². The van der Waals surface area contributed by atoms with Crippen molar-refractivity contribution in [2.24, 2.45) is 0 Å². The largest absolute Gasteiger partial charge is 0.387 e. The average molecular weight is 259 g/mol. The fourth-order valence-electron chi connectivity index (χ4n) is 1.55. The molecule has 0 aromatic heterocycles. The van der Waals surface area contributed by atoms with Gasteiger partial charge in [-0.2, -0.15) is 0 Å². The van der Waals surface area contributed by atoms with E-state index in [4.69, 9.17) is 4.74 Å². The summed E-state index contributed by atoms with van der Waals surface area (Å²) in [6.07, 6.45) is -0.0360. The normalized spacial score (nSPS) is 14.5. The molecule has 0 aliphatic heterocycles. The molecule has 0 saturated carbocycles. The summed E-state index contributed by atoms with van der Waals surface area (Å²) >= 11 is 0. The molecule has 3 nitrogen and oxygen atoms in total. The van der Waals surface area contributed by atoms with Gasteiger partial charge in [-0.3, -0.25) is 0 Å². The summed E-state index contributed by atoms with van der Waals surface area (Å²) in [7, 11) is 1.63. The van der Waals surface area contributed by atoms with Gasteiger partial charge in [0.25, 0.3) is 0 Å². The van der Waals surface area contributed by atoms with Gasteiger partial charge in [0.2, 0.25) is 0 Å². The number of methoxy groups -OCH3 is 1. The van der Waals surface area contributed by atoms with E-state index in [1.807, 2.05) is 6.92 Å². The summed E-state index contributed by atoms with van der Waals surface area (Å²) in [4.78, 5) is 0. The molecule has 0 amide bonds. The highest BCUT2D eigenvalue weighted by Gasteiger charge is 2.12. The Bertz CT molecular complexity index is 374. The molecule has 0 aliphatic carbocycles. The van der Waals surface area contributed by atoms with Crippen molar-refractivity contribution in [2.75, 3.05) is 20.3 Å². The van der Waals surface area contributed by atoms with Gasteiger partial charge in [0.1, 0.15) is 0 Å². The molecule has 1 aromatic carbocycles. The fraction of sp³-hybridized carbons (Fsp3) is 0.538. The van der Waals surface area contributed by atoms with E-state index in [-0.39, 0.29) is 12.6 Å². The third kappa shape index (κ3) is 4.68. The van der Waals surface area contributed by atoms with Crippen LogP contribution in [0.4, 0.5) is 8.78 Å². The van der Waals surface area contributed by atoms with E-state index < -0.39 is 17.7 Å². The van der Waals surface area contributed by atoms with Gasteiger partial charge in [-0.25, -0.2) is 8.78 Å². The van der Waals surface area contributed by atoms with Gasteiger partial charge in [0.15, 0.2) is 11.6 Å². The quantitative estimate of drug-likeness (QED) is 0.787. The molecule has 5 heteroatoms. The maximum Gasteiger partial charge on any atom is 0.159 e. The van der Waals surface area contributed by atoms with Crippen LogP contribution in [0.3, 0.4) is 0 Å². The molecule has 0 saturated heterocycles. The van der Waals surface area contributed by atoms with E-state index in [0.717, 1.165) is 18.6 Å². The lowest BCUT2D eigenvalue weighted by molar-refractivity contribution is 0.158. The second-order valence-corrected chi connectivity index (χ2v) is 4.28. The second kappa shape index (κ2) is 7.41. The Morgan fingerprint density at radius 2 is 2.06 bits per heavy atom. The van der Waals surface area contributed by atoms with Crippen molar-refractivity contribution >= 4 is 0 Å². The van der Waals surface area contributed by atoms with Crippen LogP contribution < -0.4 is 5.32 Å². The van der Waals surface area contributed by atoms with Gasteiger partial charge in [-0.1, -0.05) is 6.07 Å². The van der Waals surface area contributed by atoms with Crippen LogP contribution in [0, 0.1) is 11.6 Å². The van der Waals surface area contributed by atoms with Crippen molar-refractivity contribution in [2.45, 2.75) is 25.5 Å². The second-order valence-electron chi connectivity index (χ2n) is 4.28. The molecular formula is C13H19F2NO2. The molecule has 0 fully saturated rings. The first-order chi connectivity index (χ1) is 8.54. The van der Waals surface area contributed by atoms with Gasteiger partial charge >= 0.3 is 0 Å². The van der Waals surface area contributed by atoms with Gasteiger partial charge in [0, 0.05) is 26.3 Å². The number of benzene rings is 1. The molecule has 2 atom stereocenters. The van der Waals surface area contributed by atoms with E-state index in [1.54, 1.807) is 7.11 Å². The molecular weight excluding hydrogens is 240 g/mol. The van der Waals surface area contributed by atoms with Crippen molar-refractivity contribution in [1.29, 1.82) is 0 Å². The third-order valence-corrected chi connectivity index (χ3v) is 2.74. The standard InChI is InChI=1S/C13H19F2NO2/c1-9(5-6-18-2)16-8-13(17)10-3-4-11(14)12(15)7-10/h3-4,7,9,13,16-17H,5-6,8H2,1-2H3. The van der Waals surface area contributed by atoms with Crippen LogP contribution in [0.25, 0.3) is 0 Å². The minimum Gasteiger partial charge on any atom is -0.387 e. The first-order valence-electron chi connectivity index (χ1n) is 5.90. The maximum absolute atomic E-state index is 13.0. The van der Waals surface area contributed by atoms with Gasteiger partial charge < -0.3 is 15.2 Å². The molecule has 1 aromatic rings. The molecule has 2 unspecified atom stereocenters. The first kappa shape index (κ1) is 15.0. The number of aliphatic hydroxyl groups is 1. The van der Waals surface area contributed by atoms with Gasteiger partial charge in [-0.05, 0) is 31.0 Å². The summed E-state index contributed by atoms with van der Waals surface area (Å²) in [6, 6.07) is 3.60. The number of ether oxygens (including phenoxy) is 1. The fourth-order valence-corrected chi connectivity index (χ4v) is 1.55. The summed E-state index contributed by atoms with van der Waals surface area (Å²) in [5.41, 5.74) is 0.361. The molecule has 2 N–H and O–H groups in total. The highest BCUT2D eigenvalue weighted by atomic mass is 19.2. The molecule has 102 valence electrons. The van der Waals surface area contributed by atoms with Crippen molar-refractivity contribution in [1.82, 2.24) is 5.32 Å². The lowest BCUT2D eigenvalue weighted by atomic mass is 10.1. The predicted octanol–water partition coefficient (Wildman–Crippen LogP) is 2.01. The van der Waals surface area contributed by atoms with Crippen LogP contribution in [0.2, 0.25) is 0 Å². The Hall–Kier alpha value is -1.04. The Morgan fingerprint density at radius 1 is 1.33 bits per heavy atom. The highest BCUT2D eigenvalue weighted by molar-refractivity contribution is 5.20. The monoisotopic (exact) mass is 259 g/mol. The maximum atomic E-state index is 13.0. The van der Waals surface area contributed by atoms with E-state index in [1.165, 1.54) is 6.07 Å². The Balaban J connectivity index is 2.44. The molecule has 1 rings (SSSR count). The van der Waals surface area contributed by atoms with Crippen LogP contribution >= 0.6 is 0 Å². The summed E-state index contributed by atoms with van der Waals surface area (Å²) in [5.74, 6) is -1.86. The zero-order chi connectivity index (χ0) is 13.5. The van der Waals surface area contributed by atoms with Crippen molar-refractivity contribution in [3.8, 4) is 0 Å². The first-order valence-corrected chi connectivity index (χ1v) is 5.90. The minimum absolute atomic E-state index is 0.185. The Kier molecular flexibility index (Phi) is 6.18. The third-order valence-electron chi connectivity index (χ3n) is 2.74. The van der Waals surface area contributed by atoms with Crippen LogP contribution in [-0.4, -0.2) is 31.4 Å². The van der Waals surface area contributed by atoms with Crippen LogP contribution in [0.15, 0.2) is 18.2 Å².